The van der Waals surface area contributed by atoms with Gasteiger partial charge in [-0.05, 0) is 11.4 Å². The molecule has 0 saturated heterocycles. The zero-order valence-corrected chi connectivity index (χ0v) is 3.83. The van der Waals surface area contributed by atoms with Crippen LogP contribution < -0.4 is 0 Å². The minimum Gasteiger partial charge on any atom is -0.206 e. The smallest absolute Gasteiger partial charge is 0.133 e. The molecule has 0 bridgehead atoms. The van der Waals surface area contributed by atoms with Gasteiger partial charge in [0, 0.05) is 5.38 Å². The third-order valence-electron chi connectivity index (χ3n) is 0.486. The molecule has 2 heteroatoms. The predicted molar refractivity (Wildman–Crippen MR) is 24.3 cm³/mol. The number of hydrogen-bond donors (Lipinski definition) is 0. The highest BCUT2D eigenvalue weighted by Gasteiger charge is 1.79. The van der Waals surface area contributed by atoms with Crippen LogP contribution in [0.3, 0.4) is 0 Å². The van der Waals surface area contributed by atoms with Gasteiger partial charge in [-0.15, -0.1) is 11.3 Å². The second-order valence-corrected chi connectivity index (χ2v) is 1.72. The maximum Gasteiger partial charge on any atom is 0.133 e. The van der Waals surface area contributed by atoms with Crippen molar-refractivity contribution < 1.29 is 4.39 Å². The van der Waals surface area contributed by atoms with Crippen molar-refractivity contribution in [2.75, 3.05) is 0 Å². The number of rotatable bonds is 0. The number of hydrogen-bond acceptors (Lipinski definition) is 1. The summed E-state index contributed by atoms with van der Waals surface area (Å²) in [5, 5.41) is 3.16. The molecule has 0 amide bonds. The summed E-state index contributed by atoms with van der Waals surface area (Å²) < 4.78 is 11.7. The van der Waals surface area contributed by atoms with Crippen LogP contribution in [0.2, 0.25) is 0 Å². The molecule has 6 heavy (non-hydrogen) atoms. The van der Waals surface area contributed by atoms with Gasteiger partial charge in [0.15, 0.2) is 0 Å². The zero-order valence-electron chi connectivity index (χ0n) is 3.02. The first-order valence-electron chi connectivity index (χ1n) is 1.57. The molecule has 0 spiro atoms. The minimum atomic E-state index is -0.139. The van der Waals surface area contributed by atoms with E-state index in [4.69, 9.17) is 0 Å². The Morgan fingerprint density at radius 3 is 2.67 bits per heavy atom. The minimum absolute atomic E-state index is 0.139. The molecule has 32 valence electrons. The van der Waals surface area contributed by atoms with Crippen LogP contribution in [0.4, 0.5) is 4.39 Å². The van der Waals surface area contributed by atoms with Crippen molar-refractivity contribution in [1.29, 1.82) is 0 Å². The molecule has 0 unspecified atom stereocenters. The Morgan fingerprint density at radius 1 is 1.67 bits per heavy atom. The standard InChI is InChI=1S/C4H3FS/c5-4-1-2-6-3-4/h1-3H. The highest BCUT2D eigenvalue weighted by Crippen LogP contribution is 2.00. The molecule has 0 fully saturated rings. The Bertz CT molecular complexity index is 111. The Labute approximate surface area is 39.2 Å². The van der Waals surface area contributed by atoms with Gasteiger partial charge in [-0.1, -0.05) is 0 Å². The van der Waals surface area contributed by atoms with E-state index in [-0.39, 0.29) is 5.82 Å². The topological polar surface area (TPSA) is 0 Å². The third kappa shape index (κ3) is 0.571. The van der Waals surface area contributed by atoms with Crippen molar-refractivity contribution in [3.05, 3.63) is 22.6 Å². The van der Waals surface area contributed by atoms with Crippen LogP contribution in [0.1, 0.15) is 0 Å². The molecule has 0 aliphatic heterocycles. The summed E-state index contributed by atoms with van der Waals surface area (Å²) in [4.78, 5) is 0. The first kappa shape index (κ1) is 3.81. The average molecular weight is 102 g/mol. The van der Waals surface area contributed by atoms with Crippen molar-refractivity contribution >= 4 is 11.3 Å². The number of thiophene rings is 1. The van der Waals surface area contributed by atoms with Gasteiger partial charge in [-0.25, -0.2) is 4.39 Å². The van der Waals surface area contributed by atoms with Crippen LogP contribution in [-0.4, -0.2) is 0 Å². The fourth-order valence-electron chi connectivity index (χ4n) is 0.248. The van der Waals surface area contributed by atoms with E-state index in [0.717, 1.165) is 0 Å². The van der Waals surface area contributed by atoms with E-state index < -0.39 is 0 Å². The molecule has 0 nitrogen and oxygen atoms in total. The van der Waals surface area contributed by atoms with Crippen LogP contribution in [0.25, 0.3) is 0 Å². The van der Waals surface area contributed by atoms with E-state index in [2.05, 4.69) is 0 Å². The zero-order chi connectivity index (χ0) is 4.41. The van der Waals surface area contributed by atoms with E-state index in [1.54, 1.807) is 5.38 Å². The summed E-state index contributed by atoms with van der Waals surface area (Å²) in [5.74, 6) is -0.139. The summed E-state index contributed by atoms with van der Waals surface area (Å²) in [6.45, 7) is 0. The van der Waals surface area contributed by atoms with Crippen LogP contribution in [0.5, 0.6) is 0 Å². The summed E-state index contributed by atoms with van der Waals surface area (Å²) in [5.41, 5.74) is 0. The van der Waals surface area contributed by atoms with Gasteiger partial charge in [-0.2, -0.15) is 0 Å². The van der Waals surface area contributed by atoms with E-state index in [0.29, 0.717) is 0 Å². The maximum atomic E-state index is 11.7. The molecule has 0 saturated carbocycles. The molecule has 0 N–H and O–H groups in total. The fourth-order valence-corrected chi connectivity index (χ4v) is 0.744. The second kappa shape index (κ2) is 1.39. The van der Waals surface area contributed by atoms with Crippen molar-refractivity contribution in [2.24, 2.45) is 0 Å². The first-order valence-corrected chi connectivity index (χ1v) is 2.51. The molecule has 0 aliphatic rings. The van der Waals surface area contributed by atoms with E-state index in [1.165, 1.54) is 22.8 Å². The third-order valence-corrected chi connectivity index (χ3v) is 1.14. The quantitative estimate of drug-likeness (QED) is 0.469. The van der Waals surface area contributed by atoms with Crippen molar-refractivity contribution in [3.8, 4) is 0 Å². The largest absolute Gasteiger partial charge is 0.206 e. The highest BCUT2D eigenvalue weighted by atomic mass is 32.1. The summed E-state index contributed by atoms with van der Waals surface area (Å²) >= 11 is 1.36. The van der Waals surface area contributed by atoms with Gasteiger partial charge in [0.2, 0.25) is 0 Å². The van der Waals surface area contributed by atoms with Crippen LogP contribution in [-0.2, 0) is 0 Å². The molecule has 1 aromatic heterocycles. The lowest BCUT2D eigenvalue weighted by atomic mass is 10.6. The average Bonchev–Trinajstić information content (AvgIpc) is 1.86. The lowest BCUT2D eigenvalue weighted by molar-refractivity contribution is 0.633. The second-order valence-electron chi connectivity index (χ2n) is 0.942. The van der Waals surface area contributed by atoms with E-state index in [9.17, 15) is 4.39 Å². The Hall–Kier alpha value is -0.370. The van der Waals surface area contributed by atoms with Gasteiger partial charge in [0.05, 0.1) is 0 Å². The van der Waals surface area contributed by atoms with Gasteiger partial charge in [-0.3, -0.25) is 0 Å². The van der Waals surface area contributed by atoms with Gasteiger partial charge in [0.1, 0.15) is 5.82 Å². The predicted octanol–water partition coefficient (Wildman–Crippen LogP) is 1.89. The first-order chi connectivity index (χ1) is 2.89. The molecule has 0 aromatic carbocycles. The highest BCUT2D eigenvalue weighted by molar-refractivity contribution is 7.07. The van der Waals surface area contributed by atoms with Crippen LogP contribution in [0.15, 0.2) is 16.8 Å². The van der Waals surface area contributed by atoms with Crippen molar-refractivity contribution in [1.82, 2.24) is 0 Å². The molecule has 0 aliphatic carbocycles. The van der Waals surface area contributed by atoms with E-state index in [1.807, 2.05) is 0 Å². The Kier molecular flexibility index (Phi) is 0.881. The lowest BCUT2D eigenvalue weighted by Crippen LogP contribution is -1.48. The van der Waals surface area contributed by atoms with Gasteiger partial charge < -0.3 is 0 Å². The number of halogens is 1. The Morgan fingerprint density at radius 2 is 2.50 bits per heavy atom. The molecule has 1 rings (SSSR count). The molecular formula is C4H3FS. The van der Waals surface area contributed by atoms with Gasteiger partial charge in [0.25, 0.3) is 0 Å². The molecular weight excluding hydrogens is 99.1 g/mol. The SMILES string of the molecule is Fc1ccsc1. The van der Waals surface area contributed by atoms with E-state index >= 15 is 0 Å². The molecule has 0 radical (unpaired) electrons. The van der Waals surface area contributed by atoms with Crippen LogP contribution in [0, 0.1) is 5.82 Å². The lowest BCUT2D eigenvalue weighted by Gasteiger charge is -1.60. The molecule has 0 atom stereocenters. The molecule has 1 heterocycles. The van der Waals surface area contributed by atoms with Crippen molar-refractivity contribution in [2.45, 2.75) is 0 Å². The molecule has 1 aromatic rings. The van der Waals surface area contributed by atoms with Crippen LogP contribution >= 0.6 is 11.3 Å². The van der Waals surface area contributed by atoms with Gasteiger partial charge >= 0.3 is 0 Å². The Balaban J connectivity index is 3.05. The maximum absolute atomic E-state index is 11.7. The monoisotopic (exact) mass is 102 g/mol. The van der Waals surface area contributed by atoms with Crippen molar-refractivity contribution in [3.63, 3.8) is 0 Å². The normalized spacial score (nSPS) is 8.83. The summed E-state index contributed by atoms with van der Waals surface area (Å²) in [6, 6.07) is 1.44. The summed E-state index contributed by atoms with van der Waals surface area (Å²) in [6.07, 6.45) is 0. The summed E-state index contributed by atoms with van der Waals surface area (Å²) in [7, 11) is 0. The fraction of sp³-hybridized carbons (Fsp3) is 0.